The van der Waals surface area contributed by atoms with Gasteiger partial charge in [0.2, 0.25) is 0 Å². The Labute approximate surface area is 430 Å². The highest BCUT2D eigenvalue weighted by molar-refractivity contribution is 7.00. The van der Waals surface area contributed by atoms with Crippen molar-refractivity contribution in [2.45, 2.75) is 162 Å². The Hall–Kier alpha value is -4.64. The Bertz CT molecular complexity index is 2470. The molecule has 7 atom stereocenters. The number of esters is 1. The van der Waals surface area contributed by atoms with Crippen LogP contribution >= 0.6 is 0 Å². The molecule has 1 unspecified atom stereocenters. The molecule has 3 aliphatic carbocycles. The van der Waals surface area contributed by atoms with E-state index in [0.29, 0.717) is 12.3 Å². The lowest BCUT2D eigenvalue weighted by atomic mass is 9.62. The molecule has 0 bridgehead atoms. The van der Waals surface area contributed by atoms with Gasteiger partial charge >= 0.3 is 5.97 Å². The van der Waals surface area contributed by atoms with E-state index in [0.717, 1.165) is 56.1 Å². The second-order valence-corrected chi connectivity index (χ2v) is 32.3. The average molecular weight is 990 g/mol. The van der Waals surface area contributed by atoms with Gasteiger partial charge in [-0.25, -0.2) is 0 Å². The topological polar surface area (TPSA) is 65.0 Å². The molecule has 7 heteroatoms. The molecule has 0 amide bonds. The van der Waals surface area contributed by atoms with Gasteiger partial charge in [-0.3, -0.25) is 4.79 Å². The zero-order valence-corrected chi connectivity index (χ0v) is 47.0. The molecule has 4 aromatic rings. The van der Waals surface area contributed by atoms with Gasteiger partial charge < -0.3 is 18.7 Å². The quantitative estimate of drug-likeness (QED) is 0.0688. The van der Waals surface area contributed by atoms with Crippen molar-refractivity contribution in [3.63, 3.8) is 0 Å². The number of hydrogen-bond acceptors (Lipinski definition) is 5. The van der Waals surface area contributed by atoms with E-state index in [1.807, 2.05) is 19.9 Å². The van der Waals surface area contributed by atoms with Crippen molar-refractivity contribution in [1.29, 1.82) is 0 Å². The normalized spacial score (nSPS) is 24.5. The summed E-state index contributed by atoms with van der Waals surface area (Å²) in [6.45, 7) is 33.6. The summed E-state index contributed by atoms with van der Waals surface area (Å²) in [7, 11) is -5.95. The Balaban J connectivity index is 1.28. The molecule has 0 radical (unpaired) electrons. The minimum absolute atomic E-state index is 0.0212. The van der Waals surface area contributed by atoms with Crippen LogP contribution < -0.4 is 20.7 Å². The molecule has 3 saturated carbocycles. The van der Waals surface area contributed by atoms with Crippen molar-refractivity contribution in [1.82, 2.24) is 0 Å². The Morgan fingerprint density at radius 3 is 1.70 bits per heavy atom. The summed E-state index contributed by atoms with van der Waals surface area (Å²) in [4.78, 5) is 13.1. The minimum Gasteiger partial charge on any atom is -0.462 e. The summed E-state index contributed by atoms with van der Waals surface area (Å²) in [5, 5.41) is 15.9. The highest BCUT2D eigenvalue weighted by Crippen LogP contribution is 2.59. The lowest BCUT2D eigenvalue weighted by molar-refractivity contribution is -0.163. The third kappa shape index (κ3) is 10.9. The van der Waals surface area contributed by atoms with Gasteiger partial charge in [-0.1, -0.05) is 225 Å². The highest BCUT2D eigenvalue weighted by Gasteiger charge is 2.55. The molecule has 0 spiro atoms. The number of benzene rings is 4. The van der Waals surface area contributed by atoms with Crippen LogP contribution in [-0.4, -0.2) is 52.1 Å². The molecule has 71 heavy (non-hydrogen) atoms. The molecule has 5 nitrogen and oxygen atoms in total. The van der Waals surface area contributed by atoms with E-state index in [-0.39, 0.29) is 45.7 Å². The number of rotatable bonds is 16. The lowest BCUT2D eigenvalue weighted by Gasteiger charge is -2.49. The van der Waals surface area contributed by atoms with Crippen LogP contribution in [0.2, 0.25) is 10.1 Å². The number of carbonyl (C=O) groups is 1. The van der Waals surface area contributed by atoms with Gasteiger partial charge in [0.25, 0.3) is 16.6 Å². The average Bonchev–Trinajstić information content (AvgIpc) is 3.72. The fraction of sp³-hybridized carbons (Fsp3) is 0.453. The van der Waals surface area contributed by atoms with Crippen LogP contribution in [0.25, 0.3) is 0 Å². The molecule has 3 fully saturated rings. The van der Waals surface area contributed by atoms with E-state index in [1.165, 1.54) is 31.9 Å². The van der Waals surface area contributed by atoms with Gasteiger partial charge in [0, 0.05) is 6.42 Å². The van der Waals surface area contributed by atoms with Crippen LogP contribution in [0.15, 0.2) is 181 Å². The second-order valence-electron chi connectivity index (χ2n) is 23.8. The fourth-order valence-electron chi connectivity index (χ4n) is 12.4. The molecular weight excluding hydrogens is 905 g/mol. The van der Waals surface area contributed by atoms with Crippen molar-refractivity contribution in [2.24, 2.45) is 22.7 Å². The molecule has 0 saturated heterocycles. The van der Waals surface area contributed by atoms with Gasteiger partial charge in [-0.15, -0.1) is 0 Å². The van der Waals surface area contributed by atoms with Crippen molar-refractivity contribution in [3.8, 4) is 0 Å². The molecule has 0 heterocycles. The molecule has 3 aliphatic rings. The van der Waals surface area contributed by atoms with Crippen LogP contribution in [0.1, 0.15) is 128 Å². The third-order valence-electron chi connectivity index (χ3n) is 16.8. The lowest BCUT2D eigenvalue weighted by Crippen LogP contribution is -2.69. The number of ether oxygens (including phenoxy) is 1. The highest BCUT2D eigenvalue weighted by atomic mass is 28.4. The summed E-state index contributed by atoms with van der Waals surface area (Å²) in [6.07, 6.45) is 14.5. The second kappa shape index (κ2) is 21.8. The number of aliphatic hydroxyl groups excluding tert-OH is 1. The van der Waals surface area contributed by atoms with E-state index in [4.69, 9.17) is 20.2 Å². The van der Waals surface area contributed by atoms with Gasteiger partial charge in [0.05, 0.1) is 29.8 Å². The molecule has 1 N–H and O–H groups in total. The molecule has 0 aliphatic heterocycles. The van der Waals surface area contributed by atoms with Crippen molar-refractivity contribution >= 4 is 43.4 Å². The van der Waals surface area contributed by atoms with Gasteiger partial charge in [0.15, 0.2) is 0 Å². The van der Waals surface area contributed by atoms with Crippen molar-refractivity contribution in [3.05, 3.63) is 181 Å². The van der Waals surface area contributed by atoms with E-state index < -0.39 is 28.2 Å². The number of fused-ring (bicyclic) bond motifs is 1. The number of carbonyl (C=O) groups excluding carboxylic acids is 1. The standard InChI is InChI=1S/C64H84O5Si2/c1-14-47(3)67-60(66)63(11,12)59(65)42-37-46(2)56-40-41-57-49(28-27-43-64(56,57)13)38-39-50-44-51(68-70(61(5,6)7,52-29-19-15-20-30-52)53-31-21-16-22-32-53)45-58(48(50)4)69-71(62(8,9)10,54-33-23-17-24-34-54)55-35-25-18-26-36-55/h15-26,29-39,42,47,51,56-59,65H,2,4,14,27-28,40-41,43-45H2,1,3,5-13H3/b42-37+,49-38+,50-39-/t47?,51-,56-,57+,58+,59+,64-/m1/s1. The fourth-order valence-corrected chi connectivity index (χ4v) is 21.8. The van der Waals surface area contributed by atoms with E-state index in [1.54, 1.807) is 19.9 Å². The first-order chi connectivity index (χ1) is 33.6. The van der Waals surface area contributed by atoms with Gasteiger partial charge in [-0.05, 0) is 125 Å². The number of aliphatic hydroxyl groups is 1. The minimum atomic E-state index is -3.00. The van der Waals surface area contributed by atoms with Crippen molar-refractivity contribution in [2.75, 3.05) is 0 Å². The number of hydrogen-bond donors (Lipinski definition) is 1. The van der Waals surface area contributed by atoms with E-state index in [2.05, 4.69) is 189 Å². The van der Waals surface area contributed by atoms with Gasteiger partial charge in [-0.2, -0.15) is 0 Å². The Kier molecular flexibility index (Phi) is 16.7. The van der Waals surface area contributed by atoms with Crippen LogP contribution in [-0.2, 0) is 18.4 Å². The van der Waals surface area contributed by atoms with Gasteiger partial charge in [0.1, 0.15) is 0 Å². The maximum atomic E-state index is 13.1. The molecule has 0 aromatic heterocycles. The molecule has 378 valence electrons. The Morgan fingerprint density at radius 1 is 0.761 bits per heavy atom. The van der Waals surface area contributed by atoms with E-state index >= 15 is 0 Å². The predicted octanol–water partition coefficient (Wildman–Crippen LogP) is 13.1. The van der Waals surface area contributed by atoms with Crippen molar-refractivity contribution < 1.29 is 23.5 Å². The Morgan fingerprint density at radius 2 is 1.24 bits per heavy atom. The van der Waals surface area contributed by atoms with Crippen LogP contribution in [0.4, 0.5) is 0 Å². The first-order valence-corrected chi connectivity index (χ1v) is 30.3. The number of allylic oxidation sites excluding steroid dienone is 5. The molecule has 4 aromatic carbocycles. The van der Waals surface area contributed by atoms with E-state index in [9.17, 15) is 9.90 Å². The smallest absolute Gasteiger partial charge is 0.314 e. The SMILES string of the molecule is C=C1/C(=C\C=C2/CCC[C@]3(C)[C@@H](C(=C)/C=C/[C@H](O)C(C)(C)C(=O)OC(C)CC)CC[C@@H]23)C[C@@H](O[Si](c2ccccc2)(c2ccccc2)C(C)(C)C)C[C@@H]1O[Si](c1ccccc1)(c1ccccc1)C(C)(C)C. The molecule has 7 rings (SSSR count). The maximum absolute atomic E-state index is 13.1. The monoisotopic (exact) mass is 989 g/mol. The van der Waals surface area contributed by atoms with Crippen LogP contribution in [0.5, 0.6) is 0 Å². The van der Waals surface area contributed by atoms with Crippen LogP contribution in [0, 0.1) is 22.7 Å². The first kappa shape index (κ1) is 54.1. The third-order valence-corrected chi connectivity index (χ3v) is 26.9. The zero-order valence-electron chi connectivity index (χ0n) is 45.0. The predicted molar refractivity (Wildman–Crippen MR) is 302 cm³/mol. The summed E-state index contributed by atoms with van der Waals surface area (Å²) in [5.41, 5.74) is 3.71. The summed E-state index contributed by atoms with van der Waals surface area (Å²) in [5.74, 6) is 0.280. The summed E-state index contributed by atoms with van der Waals surface area (Å²) >= 11 is 0. The maximum Gasteiger partial charge on any atom is 0.314 e. The summed E-state index contributed by atoms with van der Waals surface area (Å²) < 4.78 is 21.8. The summed E-state index contributed by atoms with van der Waals surface area (Å²) in [6, 6.07) is 44.0. The van der Waals surface area contributed by atoms with Crippen LogP contribution in [0.3, 0.4) is 0 Å². The first-order valence-electron chi connectivity index (χ1n) is 26.5. The zero-order chi connectivity index (χ0) is 51.4. The largest absolute Gasteiger partial charge is 0.462 e. The molecular formula is C64H84O5Si2.